The normalized spacial score (nSPS) is 11.1. The lowest BCUT2D eigenvalue weighted by molar-refractivity contribution is 0.787. The van der Waals surface area contributed by atoms with Crippen LogP contribution in [-0.4, -0.2) is 29.5 Å². The highest BCUT2D eigenvalue weighted by Crippen LogP contribution is 2.15. The summed E-state index contributed by atoms with van der Waals surface area (Å²) in [6.07, 6.45) is 4.81. The maximum Gasteiger partial charge on any atom is 0.165 e. The molecule has 3 aromatic heterocycles. The van der Waals surface area contributed by atoms with Crippen molar-refractivity contribution >= 4 is 17.0 Å². The number of nitrogens with zero attached hydrogens (tertiary/aromatic N) is 5. The highest BCUT2D eigenvalue weighted by molar-refractivity contribution is 5.81. The lowest BCUT2D eigenvalue weighted by atomic mass is 10.3. The van der Waals surface area contributed by atoms with Gasteiger partial charge in [0.05, 0.1) is 24.9 Å². The van der Waals surface area contributed by atoms with E-state index >= 15 is 0 Å². The second-order valence-electron chi connectivity index (χ2n) is 3.78. The van der Waals surface area contributed by atoms with Crippen LogP contribution in [0.15, 0.2) is 19.0 Å². The Morgan fingerprint density at radius 2 is 2.18 bits per heavy atom. The quantitative estimate of drug-likeness (QED) is 0.666. The van der Waals surface area contributed by atoms with Gasteiger partial charge in [0.25, 0.3) is 0 Å². The molecule has 0 bridgehead atoms. The number of aryl methyl sites for hydroxylation is 1. The fourth-order valence-electron chi connectivity index (χ4n) is 1.72. The average Bonchev–Trinajstić information content (AvgIpc) is 2.89. The Bertz CT molecular complexity index is 666. The minimum Gasteiger partial charge on any atom is -0.382 e. The SMILES string of the molecule is Cc1[nH]cnc1Cn1cnc2c(N)ncnc21. The molecular formula is C10H11N7. The number of aromatic nitrogens is 6. The van der Waals surface area contributed by atoms with E-state index in [1.165, 1.54) is 6.33 Å². The molecule has 0 saturated heterocycles. The molecule has 17 heavy (non-hydrogen) atoms. The zero-order chi connectivity index (χ0) is 11.8. The van der Waals surface area contributed by atoms with Crippen LogP contribution in [0.1, 0.15) is 11.4 Å². The Balaban J connectivity index is 2.07. The first-order valence-corrected chi connectivity index (χ1v) is 5.16. The van der Waals surface area contributed by atoms with E-state index in [1.54, 1.807) is 12.7 Å². The van der Waals surface area contributed by atoms with Gasteiger partial charge in [-0.2, -0.15) is 0 Å². The first-order chi connectivity index (χ1) is 8.25. The van der Waals surface area contributed by atoms with Crippen LogP contribution in [0, 0.1) is 6.92 Å². The van der Waals surface area contributed by atoms with E-state index in [0.29, 0.717) is 17.9 Å². The molecule has 7 heteroatoms. The van der Waals surface area contributed by atoms with Crippen LogP contribution < -0.4 is 5.73 Å². The maximum atomic E-state index is 5.72. The molecule has 0 amide bonds. The zero-order valence-corrected chi connectivity index (χ0v) is 9.25. The van der Waals surface area contributed by atoms with E-state index < -0.39 is 0 Å². The van der Waals surface area contributed by atoms with Gasteiger partial charge in [0, 0.05) is 5.69 Å². The van der Waals surface area contributed by atoms with Crippen molar-refractivity contribution in [3.8, 4) is 0 Å². The number of anilines is 1. The van der Waals surface area contributed by atoms with Crippen LogP contribution in [0.25, 0.3) is 11.2 Å². The molecule has 3 rings (SSSR count). The molecule has 0 aliphatic heterocycles. The second-order valence-corrected chi connectivity index (χ2v) is 3.78. The first kappa shape index (κ1) is 9.76. The minimum absolute atomic E-state index is 0.396. The summed E-state index contributed by atoms with van der Waals surface area (Å²) >= 11 is 0. The molecule has 3 heterocycles. The maximum absolute atomic E-state index is 5.72. The number of nitrogens with one attached hydrogen (secondary N) is 1. The number of nitrogens with two attached hydrogens (primary N) is 1. The highest BCUT2D eigenvalue weighted by atomic mass is 15.1. The third kappa shape index (κ3) is 1.52. The highest BCUT2D eigenvalue weighted by Gasteiger charge is 2.09. The number of hydrogen-bond acceptors (Lipinski definition) is 5. The van der Waals surface area contributed by atoms with E-state index in [0.717, 1.165) is 17.0 Å². The number of H-pyrrole nitrogens is 1. The van der Waals surface area contributed by atoms with Crippen molar-refractivity contribution in [3.63, 3.8) is 0 Å². The Morgan fingerprint density at radius 3 is 2.94 bits per heavy atom. The Kier molecular flexibility index (Phi) is 2.04. The van der Waals surface area contributed by atoms with Crippen molar-refractivity contribution in [2.45, 2.75) is 13.5 Å². The fourth-order valence-corrected chi connectivity index (χ4v) is 1.72. The molecule has 0 unspecified atom stereocenters. The predicted molar refractivity (Wildman–Crippen MR) is 62.2 cm³/mol. The summed E-state index contributed by atoms with van der Waals surface area (Å²) in [6.45, 7) is 2.59. The van der Waals surface area contributed by atoms with Crippen LogP contribution in [0.5, 0.6) is 0 Å². The Morgan fingerprint density at radius 1 is 1.29 bits per heavy atom. The summed E-state index contributed by atoms with van der Waals surface area (Å²) in [7, 11) is 0. The molecule has 0 radical (unpaired) electrons. The van der Waals surface area contributed by atoms with E-state index in [1.807, 2.05) is 11.5 Å². The number of fused-ring (bicyclic) bond motifs is 1. The molecule has 0 fully saturated rings. The lowest BCUT2D eigenvalue weighted by Gasteiger charge is -2.01. The molecule has 0 saturated carbocycles. The number of hydrogen-bond donors (Lipinski definition) is 2. The molecule has 0 aliphatic rings. The topological polar surface area (TPSA) is 98.3 Å². The molecule has 86 valence electrons. The van der Waals surface area contributed by atoms with Crippen LogP contribution >= 0.6 is 0 Å². The summed E-state index contributed by atoms with van der Waals surface area (Å²) in [5.41, 5.74) is 9.07. The Hall–Kier alpha value is -2.44. The van der Waals surface area contributed by atoms with Crippen molar-refractivity contribution in [1.82, 2.24) is 29.5 Å². The standard InChI is InChI=1S/C10H11N7/c1-6-7(13-3-12-6)2-17-5-16-8-9(11)14-4-15-10(8)17/h3-5H,2H2,1H3,(H,12,13)(H2,11,14,15). The number of aromatic amines is 1. The molecule has 0 aliphatic carbocycles. The van der Waals surface area contributed by atoms with Crippen molar-refractivity contribution in [3.05, 3.63) is 30.4 Å². The second kappa shape index (κ2) is 3.55. The molecule has 3 N–H and O–H groups in total. The minimum atomic E-state index is 0.396. The smallest absolute Gasteiger partial charge is 0.165 e. The largest absolute Gasteiger partial charge is 0.382 e. The number of rotatable bonds is 2. The summed E-state index contributed by atoms with van der Waals surface area (Å²) in [6, 6.07) is 0. The summed E-state index contributed by atoms with van der Waals surface area (Å²) in [5, 5.41) is 0. The average molecular weight is 229 g/mol. The van der Waals surface area contributed by atoms with Crippen LogP contribution in [0.3, 0.4) is 0 Å². The molecule has 0 atom stereocenters. The van der Waals surface area contributed by atoms with E-state index in [-0.39, 0.29) is 0 Å². The zero-order valence-electron chi connectivity index (χ0n) is 9.25. The third-order valence-electron chi connectivity index (χ3n) is 2.68. The molecule has 3 aromatic rings. The van der Waals surface area contributed by atoms with E-state index in [2.05, 4.69) is 24.9 Å². The Labute approximate surface area is 96.7 Å². The first-order valence-electron chi connectivity index (χ1n) is 5.16. The van der Waals surface area contributed by atoms with Gasteiger partial charge in [-0.05, 0) is 6.92 Å². The van der Waals surface area contributed by atoms with Gasteiger partial charge in [-0.1, -0.05) is 0 Å². The van der Waals surface area contributed by atoms with Gasteiger partial charge in [0.1, 0.15) is 11.8 Å². The third-order valence-corrected chi connectivity index (χ3v) is 2.68. The molecule has 0 aromatic carbocycles. The van der Waals surface area contributed by atoms with E-state index in [4.69, 9.17) is 5.73 Å². The van der Waals surface area contributed by atoms with Crippen molar-refractivity contribution < 1.29 is 0 Å². The van der Waals surface area contributed by atoms with Gasteiger partial charge in [0.15, 0.2) is 11.5 Å². The van der Waals surface area contributed by atoms with Crippen LogP contribution in [0.2, 0.25) is 0 Å². The number of nitrogen functional groups attached to an aromatic ring is 1. The van der Waals surface area contributed by atoms with Crippen molar-refractivity contribution in [2.24, 2.45) is 0 Å². The van der Waals surface area contributed by atoms with Crippen LogP contribution in [-0.2, 0) is 6.54 Å². The van der Waals surface area contributed by atoms with Gasteiger partial charge in [-0.3, -0.25) is 0 Å². The van der Waals surface area contributed by atoms with Gasteiger partial charge in [0.2, 0.25) is 0 Å². The number of imidazole rings is 2. The molecule has 7 nitrogen and oxygen atoms in total. The van der Waals surface area contributed by atoms with Gasteiger partial charge in [-0.25, -0.2) is 19.9 Å². The monoisotopic (exact) mass is 229 g/mol. The van der Waals surface area contributed by atoms with Crippen molar-refractivity contribution in [2.75, 3.05) is 5.73 Å². The molecular weight excluding hydrogens is 218 g/mol. The van der Waals surface area contributed by atoms with Crippen LogP contribution in [0.4, 0.5) is 5.82 Å². The van der Waals surface area contributed by atoms with Gasteiger partial charge < -0.3 is 15.3 Å². The summed E-state index contributed by atoms with van der Waals surface area (Å²) < 4.78 is 1.90. The molecule has 0 spiro atoms. The van der Waals surface area contributed by atoms with Crippen molar-refractivity contribution in [1.29, 1.82) is 0 Å². The lowest BCUT2D eigenvalue weighted by Crippen LogP contribution is -2.02. The predicted octanol–water partition coefficient (Wildman–Crippen LogP) is 0.488. The summed E-state index contributed by atoms with van der Waals surface area (Å²) in [5.74, 6) is 0.396. The van der Waals surface area contributed by atoms with E-state index in [9.17, 15) is 0 Å². The van der Waals surface area contributed by atoms with Gasteiger partial charge in [-0.15, -0.1) is 0 Å². The summed E-state index contributed by atoms with van der Waals surface area (Å²) in [4.78, 5) is 19.6. The fraction of sp³-hybridized carbons (Fsp3) is 0.200. The van der Waals surface area contributed by atoms with Gasteiger partial charge >= 0.3 is 0 Å².